The number of hydrogen-bond acceptors (Lipinski definition) is 6. The molecule has 6 rings (SSSR count). The van der Waals surface area contributed by atoms with Gasteiger partial charge < -0.3 is 14.2 Å². The largest absolute Gasteiger partial charge is 0.468 e. The summed E-state index contributed by atoms with van der Waals surface area (Å²) in [5.41, 5.74) is 2.12. The van der Waals surface area contributed by atoms with Gasteiger partial charge in [-0.1, -0.05) is 48.5 Å². The fourth-order valence-electron chi connectivity index (χ4n) is 7.31. The third kappa shape index (κ3) is 8.81. The molecule has 0 N–H and O–H groups in total. The first-order valence-electron chi connectivity index (χ1n) is 18.1. The molecule has 5 aromatic rings. The lowest BCUT2D eigenvalue weighted by Crippen LogP contribution is -2.56. The second-order valence-corrected chi connectivity index (χ2v) is 14.9. The van der Waals surface area contributed by atoms with E-state index in [0.717, 1.165) is 28.8 Å². The van der Waals surface area contributed by atoms with E-state index in [1.54, 1.807) is 29.0 Å². The molecule has 288 valence electrons. The first-order valence-corrected chi connectivity index (χ1v) is 18.6. The number of pyridine rings is 2. The van der Waals surface area contributed by atoms with Gasteiger partial charge in [-0.25, -0.2) is 9.37 Å². The van der Waals surface area contributed by atoms with E-state index in [1.165, 1.54) is 31.4 Å². The summed E-state index contributed by atoms with van der Waals surface area (Å²) < 4.78 is 60.7. The number of nitrogens with zero attached hydrogens (tertiary/aromatic N) is 4. The number of alkyl halides is 3. The van der Waals surface area contributed by atoms with Gasteiger partial charge in [-0.3, -0.25) is 19.3 Å². The van der Waals surface area contributed by atoms with Crippen molar-refractivity contribution in [1.82, 2.24) is 19.4 Å². The molecule has 0 bridgehead atoms. The van der Waals surface area contributed by atoms with Crippen LogP contribution in [0.25, 0.3) is 22.2 Å². The van der Waals surface area contributed by atoms with Gasteiger partial charge >= 0.3 is 12.1 Å². The standard InChI is InChI=1S/C42H43F4N4O4P/c1-41(2,40(53)54-3)48-22-19-32(20-23-48)49(25-27-9-11-28(12-10-27)29-13-16-31(17-14-29)42(44,45)46)37(52)26-50-33(18-15-30-6-4-8-35(43)38(30)55)24-36(51)34-7-5-21-47-39(34)50/h4-14,16-17,21,24,32H,15,18-20,22-23,25-26,55H2,1-3H3. The lowest BCUT2D eigenvalue weighted by molar-refractivity contribution is -0.155. The van der Waals surface area contributed by atoms with E-state index in [9.17, 15) is 31.9 Å². The van der Waals surface area contributed by atoms with E-state index in [0.29, 0.717) is 66.4 Å². The number of aromatic nitrogens is 2. The topological polar surface area (TPSA) is 84.7 Å². The Morgan fingerprint density at radius 2 is 1.58 bits per heavy atom. The number of aryl methyl sites for hydroxylation is 2. The lowest BCUT2D eigenvalue weighted by atomic mass is 9.95. The SMILES string of the molecule is COC(=O)C(C)(C)N1CCC(N(Cc2ccc(-c3ccc(C(F)(F)F)cc3)cc2)C(=O)Cn2c(CCc3cccc(F)c3P)cc(=O)c3cccnc32)CC1. The second-order valence-electron chi connectivity index (χ2n) is 14.3. The van der Waals surface area contributed by atoms with Gasteiger partial charge in [0, 0.05) is 48.9 Å². The van der Waals surface area contributed by atoms with E-state index >= 15 is 0 Å². The van der Waals surface area contributed by atoms with Crippen molar-refractivity contribution in [2.75, 3.05) is 20.2 Å². The van der Waals surface area contributed by atoms with Gasteiger partial charge in [0.25, 0.3) is 0 Å². The van der Waals surface area contributed by atoms with Crippen LogP contribution in [0.3, 0.4) is 0 Å². The first kappa shape index (κ1) is 39.8. The summed E-state index contributed by atoms with van der Waals surface area (Å²) in [5, 5.41) is 0.823. The molecule has 1 amide bonds. The molecule has 13 heteroatoms. The highest BCUT2D eigenvalue weighted by Crippen LogP contribution is 2.32. The van der Waals surface area contributed by atoms with Crippen LogP contribution < -0.4 is 10.7 Å². The maximum atomic E-state index is 14.7. The number of likely N-dealkylation sites (tertiary alicyclic amines) is 1. The Morgan fingerprint density at radius 1 is 0.927 bits per heavy atom. The second kappa shape index (κ2) is 16.4. The van der Waals surface area contributed by atoms with Crippen LogP contribution in [-0.4, -0.2) is 63.0 Å². The van der Waals surface area contributed by atoms with Gasteiger partial charge in [0.1, 0.15) is 23.5 Å². The van der Waals surface area contributed by atoms with Crippen LogP contribution in [0.4, 0.5) is 17.6 Å². The van der Waals surface area contributed by atoms with Gasteiger partial charge in [-0.15, -0.1) is 9.24 Å². The highest BCUT2D eigenvalue weighted by molar-refractivity contribution is 7.27. The smallest absolute Gasteiger partial charge is 0.416 e. The zero-order valence-corrected chi connectivity index (χ0v) is 32.1. The molecule has 1 fully saturated rings. The summed E-state index contributed by atoms with van der Waals surface area (Å²) in [6.45, 7) is 4.86. The number of amides is 1. The number of carbonyl (C=O) groups is 2. The Kier molecular flexibility index (Phi) is 11.9. The maximum absolute atomic E-state index is 14.7. The van der Waals surface area contributed by atoms with Crippen molar-refractivity contribution in [3.8, 4) is 11.1 Å². The summed E-state index contributed by atoms with van der Waals surface area (Å²) in [4.78, 5) is 49.0. The number of methoxy groups -OCH3 is 1. The van der Waals surface area contributed by atoms with Crippen LogP contribution in [0.2, 0.25) is 0 Å². The molecule has 0 radical (unpaired) electrons. The molecule has 1 saturated heterocycles. The molecule has 55 heavy (non-hydrogen) atoms. The van der Waals surface area contributed by atoms with Crippen LogP contribution in [0.5, 0.6) is 0 Å². The normalized spacial score (nSPS) is 14.3. The average molecular weight is 775 g/mol. The Balaban J connectivity index is 1.31. The summed E-state index contributed by atoms with van der Waals surface area (Å²) >= 11 is 0. The van der Waals surface area contributed by atoms with E-state index < -0.39 is 17.3 Å². The van der Waals surface area contributed by atoms with E-state index in [2.05, 4.69) is 19.1 Å². The number of fused-ring (bicyclic) bond motifs is 1. The quantitative estimate of drug-likeness (QED) is 0.0821. The third-order valence-corrected chi connectivity index (χ3v) is 11.2. The average Bonchev–Trinajstić information content (AvgIpc) is 3.18. The molecule has 0 aliphatic carbocycles. The summed E-state index contributed by atoms with van der Waals surface area (Å²) in [6, 6.07) is 21.9. The zero-order chi connectivity index (χ0) is 39.5. The molecule has 3 aromatic carbocycles. The summed E-state index contributed by atoms with van der Waals surface area (Å²) in [6.07, 6.45) is -0.904. The predicted molar refractivity (Wildman–Crippen MR) is 207 cm³/mol. The molecule has 0 spiro atoms. The molecule has 0 saturated carbocycles. The predicted octanol–water partition coefficient (Wildman–Crippen LogP) is 6.95. The Labute approximate surface area is 319 Å². The van der Waals surface area contributed by atoms with E-state index in [1.807, 2.05) is 49.1 Å². The molecule has 8 nitrogen and oxygen atoms in total. The van der Waals surface area contributed by atoms with Crippen molar-refractivity contribution >= 4 is 37.5 Å². The number of halogens is 4. The van der Waals surface area contributed by atoms with E-state index in [-0.39, 0.29) is 42.3 Å². The Bertz CT molecular complexity index is 2230. The van der Waals surface area contributed by atoms with Crippen LogP contribution in [0.15, 0.2) is 95.9 Å². The molecule has 1 aliphatic heterocycles. The Morgan fingerprint density at radius 3 is 2.22 bits per heavy atom. The van der Waals surface area contributed by atoms with E-state index in [4.69, 9.17) is 4.74 Å². The minimum Gasteiger partial charge on any atom is -0.468 e. The number of carbonyl (C=O) groups excluding carboxylic acids is 2. The molecule has 1 aliphatic rings. The monoisotopic (exact) mass is 774 g/mol. The van der Waals surface area contributed by atoms with Crippen molar-refractivity contribution in [3.05, 3.63) is 130 Å². The summed E-state index contributed by atoms with van der Waals surface area (Å²) in [7, 11) is 3.80. The fraction of sp³-hybridized carbons (Fsp3) is 0.333. The van der Waals surface area contributed by atoms with Gasteiger partial charge in [0.15, 0.2) is 5.43 Å². The minimum absolute atomic E-state index is 0.114. The highest BCUT2D eigenvalue weighted by atomic mass is 31.0. The zero-order valence-electron chi connectivity index (χ0n) is 30.9. The number of ether oxygens (including phenoxy) is 1. The summed E-state index contributed by atoms with van der Waals surface area (Å²) in [5.74, 6) is -0.893. The van der Waals surface area contributed by atoms with Crippen LogP contribution in [0, 0.1) is 5.82 Å². The molecule has 1 unspecified atom stereocenters. The van der Waals surface area contributed by atoms with Crippen LogP contribution in [-0.2, 0) is 46.4 Å². The van der Waals surface area contributed by atoms with Gasteiger partial charge in [-0.2, -0.15) is 13.2 Å². The molecular weight excluding hydrogens is 731 g/mol. The first-order chi connectivity index (χ1) is 26.2. The molecule has 1 atom stereocenters. The highest BCUT2D eigenvalue weighted by Gasteiger charge is 2.39. The molecule has 3 heterocycles. The van der Waals surface area contributed by atoms with Gasteiger partial charge in [0.05, 0.1) is 18.1 Å². The van der Waals surface area contributed by atoms with Crippen LogP contribution in [0.1, 0.15) is 49.1 Å². The fourth-order valence-corrected chi connectivity index (χ4v) is 7.64. The number of rotatable bonds is 11. The van der Waals surface area contributed by atoms with Crippen molar-refractivity contribution in [1.29, 1.82) is 0 Å². The number of esters is 1. The molecular formula is C42H43F4N4O4P. The van der Waals surface area contributed by atoms with Gasteiger partial charge in [0.2, 0.25) is 5.91 Å². The van der Waals surface area contributed by atoms with Crippen molar-refractivity contribution in [2.45, 2.75) is 70.4 Å². The van der Waals surface area contributed by atoms with Crippen molar-refractivity contribution in [2.24, 2.45) is 0 Å². The number of piperidine rings is 1. The van der Waals surface area contributed by atoms with Crippen LogP contribution >= 0.6 is 9.24 Å². The Hall–Kier alpha value is -4.93. The number of hydrogen-bond donors (Lipinski definition) is 0. The third-order valence-electron chi connectivity index (χ3n) is 10.6. The minimum atomic E-state index is -4.43. The number of benzene rings is 3. The molecule has 2 aromatic heterocycles. The maximum Gasteiger partial charge on any atom is 0.416 e. The van der Waals surface area contributed by atoms with Crippen molar-refractivity contribution in [3.63, 3.8) is 0 Å². The van der Waals surface area contributed by atoms with Gasteiger partial charge in [-0.05, 0) is 92.1 Å². The van der Waals surface area contributed by atoms with Crippen molar-refractivity contribution < 1.29 is 31.9 Å². The lowest BCUT2D eigenvalue weighted by Gasteiger charge is -2.44.